The number of rotatable bonds is 7. The van der Waals surface area contributed by atoms with E-state index in [9.17, 15) is 9.59 Å². The lowest BCUT2D eigenvalue weighted by Crippen LogP contribution is -2.25. The van der Waals surface area contributed by atoms with Crippen molar-refractivity contribution in [2.24, 2.45) is 5.92 Å². The standard InChI is InChI=1S/C12H15NO5/c1-18-10-5-3-2-4-9(10)13-7-8(12(16)17)6-11(14)15/h2-5,8,13H,6-7H2,1H3,(H,14,15)(H,16,17). The van der Waals surface area contributed by atoms with Crippen molar-refractivity contribution in [3.8, 4) is 5.75 Å². The molecule has 0 aromatic heterocycles. The molecule has 18 heavy (non-hydrogen) atoms. The number of methoxy groups -OCH3 is 1. The van der Waals surface area contributed by atoms with Gasteiger partial charge < -0.3 is 20.3 Å². The van der Waals surface area contributed by atoms with Crippen molar-refractivity contribution in [1.82, 2.24) is 0 Å². The van der Waals surface area contributed by atoms with Gasteiger partial charge in [0.2, 0.25) is 0 Å². The van der Waals surface area contributed by atoms with E-state index in [4.69, 9.17) is 14.9 Å². The van der Waals surface area contributed by atoms with E-state index in [0.29, 0.717) is 11.4 Å². The number of para-hydroxylation sites is 2. The topological polar surface area (TPSA) is 95.9 Å². The first-order valence-corrected chi connectivity index (χ1v) is 5.36. The molecule has 6 nitrogen and oxygen atoms in total. The van der Waals surface area contributed by atoms with E-state index in [1.165, 1.54) is 7.11 Å². The lowest BCUT2D eigenvalue weighted by Gasteiger charge is -2.14. The van der Waals surface area contributed by atoms with Gasteiger partial charge in [0.15, 0.2) is 0 Å². The average Bonchev–Trinajstić information content (AvgIpc) is 2.34. The minimum absolute atomic E-state index is 0.0298. The number of anilines is 1. The summed E-state index contributed by atoms with van der Waals surface area (Å²) in [6.45, 7) is 0.0298. The second-order valence-electron chi connectivity index (χ2n) is 3.71. The maximum atomic E-state index is 10.9. The minimum atomic E-state index is -1.14. The number of nitrogens with one attached hydrogen (secondary N) is 1. The van der Waals surface area contributed by atoms with Crippen molar-refractivity contribution < 1.29 is 24.5 Å². The SMILES string of the molecule is COc1ccccc1NCC(CC(=O)O)C(=O)O. The Hall–Kier alpha value is -2.24. The molecule has 1 aromatic carbocycles. The number of carboxylic acids is 2. The van der Waals surface area contributed by atoms with E-state index >= 15 is 0 Å². The highest BCUT2D eigenvalue weighted by Crippen LogP contribution is 2.23. The third-order valence-electron chi connectivity index (χ3n) is 2.42. The number of carbonyl (C=O) groups is 2. The Morgan fingerprint density at radius 3 is 2.56 bits per heavy atom. The van der Waals surface area contributed by atoms with Crippen molar-refractivity contribution in [1.29, 1.82) is 0 Å². The summed E-state index contributed by atoms with van der Waals surface area (Å²) in [5, 5.41) is 20.4. The minimum Gasteiger partial charge on any atom is -0.495 e. The molecule has 0 aliphatic carbocycles. The van der Waals surface area contributed by atoms with Crippen molar-refractivity contribution in [3.63, 3.8) is 0 Å². The maximum absolute atomic E-state index is 10.9. The van der Waals surface area contributed by atoms with Gasteiger partial charge in [0.1, 0.15) is 5.75 Å². The van der Waals surface area contributed by atoms with E-state index in [1.54, 1.807) is 24.3 Å². The van der Waals surface area contributed by atoms with E-state index < -0.39 is 24.3 Å². The molecular formula is C12H15NO5. The molecule has 0 aliphatic heterocycles. The van der Waals surface area contributed by atoms with Crippen LogP contribution in [0.4, 0.5) is 5.69 Å². The molecule has 3 N–H and O–H groups in total. The summed E-state index contributed by atoms with van der Waals surface area (Å²) in [6.07, 6.45) is -0.419. The van der Waals surface area contributed by atoms with Crippen LogP contribution in [0.2, 0.25) is 0 Å². The smallest absolute Gasteiger partial charge is 0.308 e. The fourth-order valence-corrected chi connectivity index (χ4v) is 1.48. The highest BCUT2D eigenvalue weighted by atomic mass is 16.5. The largest absolute Gasteiger partial charge is 0.495 e. The fourth-order valence-electron chi connectivity index (χ4n) is 1.48. The summed E-state index contributed by atoms with van der Waals surface area (Å²) >= 11 is 0. The quantitative estimate of drug-likeness (QED) is 0.677. The summed E-state index contributed by atoms with van der Waals surface area (Å²) < 4.78 is 5.09. The number of benzene rings is 1. The van der Waals surface area contributed by atoms with Crippen molar-refractivity contribution in [2.45, 2.75) is 6.42 Å². The van der Waals surface area contributed by atoms with Gasteiger partial charge in [0, 0.05) is 6.54 Å². The molecule has 0 spiro atoms. The van der Waals surface area contributed by atoms with E-state index in [2.05, 4.69) is 5.32 Å². The summed E-state index contributed by atoms with van der Waals surface area (Å²) in [7, 11) is 1.51. The Bertz CT molecular complexity index is 432. The van der Waals surface area contributed by atoms with Gasteiger partial charge in [-0.1, -0.05) is 12.1 Å². The van der Waals surface area contributed by atoms with Crippen LogP contribution in [0.25, 0.3) is 0 Å². The number of ether oxygens (including phenoxy) is 1. The van der Waals surface area contributed by atoms with Crippen molar-refractivity contribution >= 4 is 17.6 Å². The molecular weight excluding hydrogens is 238 g/mol. The number of hydrogen-bond donors (Lipinski definition) is 3. The van der Waals surface area contributed by atoms with Gasteiger partial charge in [0.25, 0.3) is 0 Å². The maximum Gasteiger partial charge on any atom is 0.308 e. The molecule has 0 aliphatic rings. The third-order valence-corrected chi connectivity index (χ3v) is 2.42. The first kappa shape index (κ1) is 13.8. The third kappa shape index (κ3) is 3.97. The fraction of sp³-hybridized carbons (Fsp3) is 0.333. The Labute approximate surface area is 104 Å². The molecule has 0 bridgehead atoms. The molecule has 6 heteroatoms. The predicted octanol–water partition coefficient (Wildman–Crippen LogP) is 1.28. The van der Waals surface area contributed by atoms with Crippen molar-refractivity contribution in [2.75, 3.05) is 19.0 Å². The molecule has 98 valence electrons. The molecule has 1 atom stereocenters. The van der Waals surface area contributed by atoms with Gasteiger partial charge in [-0.25, -0.2) is 0 Å². The first-order valence-electron chi connectivity index (χ1n) is 5.36. The van der Waals surface area contributed by atoms with Gasteiger partial charge in [0.05, 0.1) is 25.1 Å². The zero-order chi connectivity index (χ0) is 13.5. The van der Waals surface area contributed by atoms with Crippen LogP contribution >= 0.6 is 0 Å². The summed E-state index contributed by atoms with van der Waals surface area (Å²) in [6, 6.07) is 7.03. The Balaban J connectivity index is 2.66. The second kappa shape index (κ2) is 6.48. The summed E-state index contributed by atoms with van der Waals surface area (Å²) in [5.41, 5.74) is 0.636. The predicted molar refractivity (Wildman–Crippen MR) is 64.9 cm³/mol. The van der Waals surface area contributed by atoms with Crippen LogP contribution in [-0.2, 0) is 9.59 Å². The molecule has 0 saturated heterocycles. The number of carboxylic acid groups (broad SMARTS) is 2. The lowest BCUT2D eigenvalue weighted by molar-refractivity contribution is -0.147. The molecule has 1 rings (SSSR count). The van der Waals surface area contributed by atoms with Gasteiger partial charge in [-0.15, -0.1) is 0 Å². The van der Waals surface area contributed by atoms with Crippen LogP contribution < -0.4 is 10.1 Å². The van der Waals surface area contributed by atoms with Crippen LogP contribution in [0.1, 0.15) is 6.42 Å². The number of hydrogen-bond acceptors (Lipinski definition) is 4. The second-order valence-corrected chi connectivity index (χ2v) is 3.71. The van der Waals surface area contributed by atoms with Gasteiger partial charge in [-0.2, -0.15) is 0 Å². The lowest BCUT2D eigenvalue weighted by atomic mass is 10.1. The van der Waals surface area contributed by atoms with Crippen LogP contribution in [0.3, 0.4) is 0 Å². The monoisotopic (exact) mass is 253 g/mol. The van der Waals surface area contributed by atoms with Crippen LogP contribution in [0.5, 0.6) is 5.75 Å². The van der Waals surface area contributed by atoms with Crippen LogP contribution in [0.15, 0.2) is 24.3 Å². The highest BCUT2D eigenvalue weighted by molar-refractivity contribution is 5.78. The van der Waals surface area contributed by atoms with Crippen LogP contribution in [0, 0.1) is 5.92 Å². The highest BCUT2D eigenvalue weighted by Gasteiger charge is 2.21. The number of aliphatic carboxylic acids is 2. The molecule has 0 fully saturated rings. The van der Waals surface area contributed by atoms with E-state index in [0.717, 1.165) is 0 Å². The summed E-state index contributed by atoms with van der Waals surface area (Å²) in [4.78, 5) is 21.4. The zero-order valence-electron chi connectivity index (χ0n) is 9.92. The Morgan fingerprint density at radius 2 is 2.00 bits per heavy atom. The van der Waals surface area contributed by atoms with E-state index in [-0.39, 0.29) is 6.54 Å². The molecule has 0 heterocycles. The van der Waals surface area contributed by atoms with Crippen molar-refractivity contribution in [3.05, 3.63) is 24.3 Å². The van der Waals surface area contributed by atoms with Gasteiger partial charge in [-0.05, 0) is 12.1 Å². The van der Waals surface area contributed by atoms with E-state index in [1.807, 2.05) is 0 Å². The Kier molecular flexibility index (Phi) is 4.98. The normalized spacial score (nSPS) is 11.6. The van der Waals surface area contributed by atoms with Crippen LogP contribution in [-0.4, -0.2) is 35.8 Å². The molecule has 1 unspecified atom stereocenters. The Morgan fingerprint density at radius 1 is 1.33 bits per heavy atom. The summed E-state index contributed by atoms with van der Waals surface area (Å²) in [5.74, 6) is -2.67. The average molecular weight is 253 g/mol. The first-order chi connectivity index (χ1) is 8.54. The zero-order valence-corrected chi connectivity index (χ0v) is 9.92. The molecule has 0 radical (unpaired) electrons. The molecule has 0 saturated carbocycles. The molecule has 0 amide bonds. The van der Waals surface area contributed by atoms with Gasteiger partial charge >= 0.3 is 11.9 Å². The molecule has 1 aromatic rings. The van der Waals surface area contributed by atoms with Gasteiger partial charge in [-0.3, -0.25) is 9.59 Å².